The maximum absolute atomic E-state index is 4.54. The van der Waals surface area contributed by atoms with Crippen molar-refractivity contribution in [2.45, 2.75) is 26.2 Å². The van der Waals surface area contributed by atoms with Gasteiger partial charge in [0.05, 0.1) is 0 Å². The Balaban J connectivity index is 0.00000161. The van der Waals surface area contributed by atoms with E-state index in [0.29, 0.717) is 0 Å². The number of unbranched alkanes of at least 4 members (excludes halogenated alkanes) is 1. The molecule has 2 heteroatoms. The van der Waals surface area contributed by atoms with Gasteiger partial charge in [0.2, 0.25) is 0 Å². The van der Waals surface area contributed by atoms with E-state index >= 15 is 0 Å². The Labute approximate surface area is 139 Å². The average molecular weight is 453 g/mol. The van der Waals surface area contributed by atoms with Gasteiger partial charge in [-0.05, 0) is 22.5 Å². The van der Waals surface area contributed by atoms with Gasteiger partial charge < -0.3 is 4.98 Å². The van der Waals surface area contributed by atoms with Crippen LogP contribution in [0, 0.1) is 6.07 Å². The molecule has 0 amide bonds. The number of rotatable bonds is 4. The molecule has 0 saturated heterocycles. The molecular weight excluding hydrogens is 434 g/mol. The van der Waals surface area contributed by atoms with Crippen molar-refractivity contribution < 1.29 is 20.1 Å². The second kappa shape index (κ2) is 7.49. The van der Waals surface area contributed by atoms with Crippen LogP contribution in [0.4, 0.5) is 0 Å². The Hall–Kier alpha value is -1.50. The van der Waals surface area contributed by atoms with Crippen molar-refractivity contribution in [1.29, 1.82) is 0 Å². The Morgan fingerprint density at radius 3 is 2.67 bits per heavy atom. The first-order chi connectivity index (χ1) is 9.88. The van der Waals surface area contributed by atoms with Crippen molar-refractivity contribution in [2.75, 3.05) is 0 Å². The van der Waals surface area contributed by atoms with Crippen molar-refractivity contribution >= 4 is 10.8 Å². The summed E-state index contributed by atoms with van der Waals surface area (Å²) in [6.45, 7) is 2.22. The van der Waals surface area contributed by atoms with Crippen LogP contribution in [0.15, 0.2) is 54.7 Å². The van der Waals surface area contributed by atoms with Crippen LogP contribution in [0.2, 0.25) is 0 Å². The van der Waals surface area contributed by atoms with Crippen molar-refractivity contribution in [3.8, 4) is 11.3 Å². The molecule has 1 heterocycles. The largest absolute Gasteiger partial charge is 0.304 e. The van der Waals surface area contributed by atoms with E-state index in [-0.39, 0.29) is 20.1 Å². The van der Waals surface area contributed by atoms with Crippen molar-refractivity contribution in [2.24, 2.45) is 0 Å². The Kier molecular flexibility index (Phi) is 5.66. The monoisotopic (exact) mass is 453 g/mol. The molecule has 0 bridgehead atoms. The fourth-order valence-corrected chi connectivity index (χ4v) is 2.48. The molecule has 21 heavy (non-hydrogen) atoms. The quantitative estimate of drug-likeness (QED) is 0.506. The molecule has 0 aliphatic carbocycles. The molecule has 1 radical (unpaired) electrons. The molecule has 0 aliphatic rings. The number of benzene rings is 2. The van der Waals surface area contributed by atoms with Crippen LogP contribution in [-0.2, 0) is 26.5 Å². The van der Waals surface area contributed by atoms with E-state index in [2.05, 4.69) is 66.5 Å². The van der Waals surface area contributed by atoms with Gasteiger partial charge >= 0.3 is 0 Å². The molecule has 0 spiro atoms. The summed E-state index contributed by atoms with van der Waals surface area (Å²) in [5, 5.41) is 2.41. The number of aryl methyl sites for hydroxylation is 1. The van der Waals surface area contributed by atoms with Gasteiger partial charge in [0.1, 0.15) is 0 Å². The Bertz CT molecular complexity index is 699. The topological polar surface area (TPSA) is 12.9 Å². The van der Waals surface area contributed by atoms with Crippen LogP contribution < -0.4 is 0 Å². The third-order valence-electron chi connectivity index (χ3n) is 3.62. The third kappa shape index (κ3) is 3.58. The molecule has 109 valence electrons. The number of nitrogens with zero attached hydrogens (tertiary/aromatic N) is 1. The molecule has 3 rings (SSSR count). The van der Waals surface area contributed by atoms with Gasteiger partial charge in [-0.15, -0.1) is 35.4 Å². The summed E-state index contributed by atoms with van der Waals surface area (Å²) >= 11 is 0. The first-order valence-corrected chi connectivity index (χ1v) is 7.23. The van der Waals surface area contributed by atoms with Crippen LogP contribution in [0.1, 0.15) is 25.3 Å². The Morgan fingerprint density at radius 1 is 1.05 bits per heavy atom. The van der Waals surface area contributed by atoms with Crippen LogP contribution in [0.25, 0.3) is 22.0 Å². The molecular formula is C19H18IrN-. The number of hydrogen-bond acceptors (Lipinski definition) is 1. The summed E-state index contributed by atoms with van der Waals surface area (Å²) in [4.78, 5) is 4.54. The van der Waals surface area contributed by atoms with Gasteiger partial charge in [-0.3, -0.25) is 0 Å². The predicted octanol–water partition coefficient (Wildman–Crippen LogP) is 5.04. The van der Waals surface area contributed by atoms with E-state index in [0.717, 1.165) is 17.7 Å². The molecule has 1 nitrogen and oxygen atoms in total. The maximum Gasteiger partial charge on any atom is 0.0167 e. The minimum absolute atomic E-state index is 0. The molecule has 0 aliphatic heterocycles. The average Bonchev–Trinajstić information content (AvgIpc) is 2.53. The number of aromatic nitrogens is 1. The summed E-state index contributed by atoms with van der Waals surface area (Å²) in [6.07, 6.45) is 5.47. The zero-order chi connectivity index (χ0) is 13.8. The second-order valence-corrected chi connectivity index (χ2v) is 5.09. The molecule has 0 N–H and O–H groups in total. The van der Waals surface area contributed by atoms with Crippen molar-refractivity contribution in [1.82, 2.24) is 4.98 Å². The van der Waals surface area contributed by atoms with Gasteiger partial charge in [0.25, 0.3) is 0 Å². The summed E-state index contributed by atoms with van der Waals surface area (Å²) in [6, 6.07) is 20.2. The molecule has 0 saturated carbocycles. The van der Waals surface area contributed by atoms with Gasteiger partial charge in [-0.25, -0.2) is 0 Å². The van der Waals surface area contributed by atoms with Crippen molar-refractivity contribution in [3.05, 3.63) is 66.4 Å². The molecule has 1 aromatic heterocycles. The van der Waals surface area contributed by atoms with Crippen LogP contribution in [0.5, 0.6) is 0 Å². The van der Waals surface area contributed by atoms with Crippen LogP contribution in [-0.4, -0.2) is 4.98 Å². The molecule has 2 aromatic carbocycles. The van der Waals surface area contributed by atoms with Gasteiger partial charge in [0, 0.05) is 26.3 Å². The second-order valence-electron chi connectivity index (χ2n) is 5.09. The summed E-state index contributed by atoms with van der Waals surface area (Å²) in [5.41, 5.74) is 3.45. The maximum atomic E-state index is 4.54. The number of pyridine rings is 1. The van der Waals surface area contributed by atoms with Gasteiger partial charge in [-0.1, -0.05) is 50.5 Å². The fourth-order valence-electron chi connectivity index (χ4n) is 2.48. The Morgan fingerprint density at radius 2 is 1.90 bits per heavy atom. The van der Waals surface area contributed by atoms with E-state index in [9.17, 15) is 0 Å². The van der Waals surface area contributed by atoms with Gasteiger partial charge in [0.15, 0.2) is 0 Å². The number of hydrogen-bond donors (Lipinski definition) is 0. The van der Waals surface area contributed by atoms with E-state index in [1.807, 2.05) is 6.20 Å². The van der Waals surface area contributed by atoms with Crippen LogP contribution in [0.3, 0.4) is 0 Å². The molecule has 0 atom stereocenters. The molecule has 0 fully saturated rings. The standard InChI is InChI=1S/C19H18N.Ir/c1-2-3-6-15-9-11-17(12-10-15)19-18-8-5-4-7-16(18)13-14-20-19;/h4-5,7-11,13-14H,2-3,6H2,1H3;/q-1;. The minimum Gasteiger partial charge on any atom is -0.304 e. The first-order valence-electron chi connectivity index (χ1n) is 7.23. The zero-order valence-corrected chi connectivity index (χ0v) is 14.5. The van der Waals surface area contributed by atoms with E-state index in [1.165, 1.54) is 29.2 Å². The molecule has 0 unspecified atom stereocenters. The van der Waals surface area contributed by atoms with E-state index < -0.39 is 0 Å². The summed E-state index contributed by atoms with van der Waals surface area (Å²) in [5.74, 6) is 0. The van der Waals surface area contributed by atoms with E-state index in [1.54, 1.807) is 0 Å². The van der Waals surface area contributed by atoms with Crippen molar-refractivity contribution in [3.63, 3.8) is 0 Å². The fraction of sp³-hybridized carbons (Fsp3) is 0.211. The first kappa shape index (κ1) is 15.9. The normalized spacial score (nSPS) is 10.3. The summed E-state index contributed by atoms with van der Waals surface area (Å²) in [7, 11) is 0. The van der Waals surface area contributed by atoms with E-state index in [4.69, 9.17) is 0 Å². The molecule has 3 aromatic rings. The van der Waals surface area contributed by atoms with Crippen LogP contribution >= 0.6 is 0 Å². The van der Waals surface area contributed by atoms with Gasteiger partial charge in [-0.2, -0.15) is 0 Å². The smallest absolute Gasteiger partial charge is 0.0167 e. The SMILES string of the molecule is CCCCc1c[c-]c(-c2nccc3ccccc23)cc1.[Ir]. The zero-order valence-electron chi connectivity index (χ0n) is 12.1. The minimum atomic E-state index is 0. The third-order valence-corrected chi connectivity index (χ3v) is 3.62. The predicted molar refractivity (Wildman–Crippen MR) is 84.6 cm³/mol. The number of fused-ring (bicyclic) bond motifs is 1. The summed E-state index contributed by atoms with van der Waals surface area (Å²) < 4.78 is 0.